The molecule has 4 fully saturated rings. The summed E-state index contributed by atoms with van der Waals surface area (Å²) in [5.41, 5.74) is 0. The van der Waals surface area contributed by atoms with E-state index in [4.69, 9.17) is 77.4 Å². The van der Waals surface area contributed by atoms with Gasteiger partial charge in [-0.05, 0) is 47.3 Å². The number of ether oxygens (including phenoxy) is 9. The Morgan fingerprint density at radius 1 is 0.589 bits per heavy atom. The number of aliphatic hydroxyl groups excluding tert-OH is 1. The molecule has 8 unspecified atom stereocenters. The van der Waals surface area contributed by atoms with Gasteiger partial charge < -0.3 is 53.1 Å². The Labute approximate surface area is 350 Å². The summed E-state index contributed by atoms with van der Waals surface area (Å²) < 4.78 is 54.7. The SMILES string of the molecule is C=CCO[C@@H]1OC(CO[C@@H]2OC(CO[C@@H]3OC(CO[C@@H]4OC(CO)[C@@H](C)[C@H](C)C4NC(=O)OCC(Cl)(Cl)Cl)[C@@H](C)[C@H](C)C3C)[C@@H](C)[C@H](C)C2C)[C@@H](C)[C@H](C)C1C. The summed E-state index contributed by atoms with van der Waals surface area (Å²) in [7, 11) is 0. The van der Waals surface area contributed by atoms with Gasteiger partial charge in [-0.25, -0.2) is 4.79 Å². The van der Waals surface area contributed by atoms with Crippen LogP contribution in [0.3, 0.4) is 0 Å². The van der Waals surface area contributed by atoms with Crippen LogP contribution < -0.4 is 5.32 Å². The minimum absolute atomic E-state index is 0.0899. The van der Waals surface area contributed by atoms with Gasteiger partial charge in [0.25, 0.3) is 0 Å². The first-order valence-electron chi connectivity index (χ1n) is 20.6. The zero-order chi connectivity index (χ0) is 41.6. The van der Waals surface area contributed by atoms with Crippen LogP contribution in [0, 0.1) is 65.1 Å². The Morgan fingerprint density at radius 2 is 0.964 bits per heavy atom. The number of hydrogen-bond acceptors (Lipinski definition) is 11. The van der Waals surface area contributed by atoms with Crippen LogP contribution in [-0.4, -0.2) is 110 Å². The number of rotatable bonds is 15. The molecule has 20 atom stereocenters. The highest BCUT2D eigenvalue weighted by molar-refractivity contribution is 6.67. The lowest BCUT2D eigenvalue weighted by Gasteiger charge is -2.47. The van der Waals surface area contributed by atoms with Crippen molar-refractivity contribution in [3.05, 3.63) is 12.7 Å². The lowest BCUT2D eigenvalue weighted by molar-refractivity contribution is -0.310. The minimum atomic E-state index is -1.75. The Balaban J connectivity index is 1.37. The Morgan fingerprint density at radius 3 is 1.36 bits per heavy atom. The predicted octanol–water partition coefficient (Wildman–Crippen LogP) is 7.59. The first kappa shape index (κ1) is 48.2. The molecule has 15 heteroatoms. The molecule has 0 saturated carbocycles. The van der Waals surface area contributed by atoms with E-state index in [9.17, 15) is 9.90 Å². The van der Waals surface area contributed by atoms with E-state index in [0.717, 1.165) is 0 Å². The number of aliphatic hydroxyl groups is 1. The van der Waals surface area contributed by atoms with Crippen LogP contribution >= 0.6 is 34.8 Å². The second-order valence-electron chi connectivity index (χ2n) is 17.3. The average molecular weight is 859 g/mol. The molecule has 0 radical (unpaired) electrons. The molecule has 56 heavy (non-hydrogen) atoms. The van der Waals surface area contributed by atoms with Crippen molar-refractivity contribution in [2.45, 2.75) is 136 Å². The largest absolute Gasteiger partial charge is 0.445 e. The van der Waals surface area contributed by atoms with E-state index in [1.165, 1.54) is 0 Å². The third kappa shape index (κ3) is 12.1. The van der Waals surface area contributed by atoms with E-state index >= 15 is 0 Å². The molecule has 4 saturated heterocycles. The Bertz CT molecular complexity index is 1230. The second-order valence-corrected chi connectivity index (χ2v) is 19.8. The van der Waals surface area contributed by atoms with E-state index in [1.54, 1.807) is 6.08 Å². The normalized spacial score (nSPS) is 44.9. The molecule has 4 aliphatic rings. The fraction of sp³-hybridized carbons (Fsp3) is 0.927. The van der Waals surface area contributed by atoms with Gasteiger partial charge in [0, 0.05) is 17.8 Å². The van der Waals surface area contributed by atoms with Gasteiger partial charge in [-0.3, -0.25) is 0 Å². The van der Waals surface area contributed by atoms with E-state index in [0.29, 0.717) is 37.6 Å². The van der Waals surface area contributed by atoms with Crippen molar-refractivity contribution in [2.75, 3.05) is 39.6 Å². The third-order valence-corrected chi connectivity index (χ3v) is 14.3. The number of hydrogen-bond donors (Lipinski definition) is 2. The second kappa shape index (κ2) is 21.4. The summed E-state index contributed by atoms with van der Waals surface area (Å²) in [5, 5.41) is 12.9. The van der Waals surface area contributed by atoms with Crippen molar-refractivity contribution in [2.24, 2.45) is 65.1 Å². The number of amides is 1. The Hall–Kier alpha value is -0.480. The van der Waals surface area contributed by atoms with Crippen LogP contribution in [0.4, 0.5) is 4.79 Å². The van der Waals surface area contributed by atoms with Crippen molar-refractivity contribution < 1.29 is 52.5 Å². The number of nitrogens with one attached hydrogen (secondary N) is 1. The summed E-state index contributed by atoms with van der Waals surface area (Å²) in [6.07, 6.45) is -2.29. The molecular weight excluding hydrogens is 789 g/mol. The maximum atomic E-state index is 12.7. The average Bonchev–Trinajstić information content (AvgIpc) is 3.16. The number of carbonyl (C=O) groups is 1. The standard InChI is InChI=1S/C41H70Cl3NO11/c1-13-14-48-36-28(10)20(2)23(5)32(54-36)16-49-37-29(11)21(3)24(6)33(55-37)17-50-38-30(12)22(4)25(7)34(56-38)18-51-39-35(27(9)26(8)31(15-46)53-39)45-40(47)52-19-41(42,43)44/h13,20-39,46H,1,14-19H2,2-12H3,(H,45,47)/t20-,21-,22-,23-,24-,25-,26-,27-,28?,29?,30?,31?,32?,33?,34?,35?,36+,37+,38+,39+/m0/s1. The number of alkyl halides is 3. The van der Waals surface area contributed by atoms with Gasteiger partial charge in [-0.15, -0.1) is 6.58 Å². The van der Waals surface area contributed by atoms with Crippen LogP contribution in [0.25, 0.3) is 0 Å². The molecule has 0 aromatic heterocycles. The topological polar surface area (TPSA) is 132 Å². The number of halogens is 3. The molecule has 0 aromatic rings. The smallest absolute Gasteiger partial charge is 0.407 e. The van der Waals surface area contributed by atoms with Gasteiger partial charge in [0.1, 0.15) is 6.61 Å². The van der Waals surface area contributed by atoms with Crippen LogP contribution in [0.5, 0.6) is 0 Å². The molecule has 1 amide bonds. The fourth-order valence-electron chi connectivity index (χ4n) is 8.51. The zero-order valence-electron chi connectivity index (χ0n) is 35.2. The lowest BCUT2D eigenvalue weighted by atomic mass is 9.78. The van der Waals surface area contributed by atoms with Crippen molar-refractivity contribution >= 4 is 40.9 Å². The number of alkyl carbamates (subject to hydrolysis) is 1. The van der Waals surface area contributed by atoms with Crippen molar-refractivity contribution in [3.8, 4) is 0 Å². The van der Waals surface area contributed by atoms with Crippen molar-refractivity contribution in [3.63, 3.8) is 0 Å². The molecule has 4 rings (SSSR count). The fourth-order valence-corrected chi connectivity index (χ4v) is 8.67. The molecule has 2 N–H and O–H groups in total. The first-order chi connectivity index (χ1) is 26.3. The maximum Gasteiger partial charge on any atom is 0.407 e. The molecule has 0 aliphatic carbocycles. The highest BCUT2D eigenvalue weighted by atomic mass is 35.6. The highest BCUT2D eigenvalue weighted by Gasteiger charge is 2.47. The third-order valence-electron chi connectivity index (χ3n) is 14.0. The Kier molecular flexibility index (Phi) is 18.4. The van der Waals surface area contributed by atoms with Crippen LogP contribution in [0.2, 0.25) is 0 Å². The summed E-state index contributed by atoms with van der Waals surface area (Å²) in [5.74, 6) is 1.90. The van der Waals surface area contributed by atoms with E-state index in [-0.39, 0.29) is 85.2 Å². The maximum absolute atomic E-state index is 12.7. The summed E-state index contributed by atoms with van der Waals surface area (Å²) >= 11 is 17.3. The van der Waals surface area contributed by atoms with Crippen LogP contribution in [0.15, 0.2) is 12.7 Å². The molecule has 12 nitrogen and oxygen atoms in total. The van der Waals surface area contributed by atoms with Crippen LogP contribution in [-0.2, 0) is 42.6 Å². The molecule has 4 heterocycles. The minimum Gasteiger partial charge on any atom is -0.445 e. The zero-order valence-corrected chi connectivity index (χ0v) is 37.5. The molecule has 0 bridgehead atoms. The first-order valence-corrected chi connectivity index (χ1v) is 21.7. The molecule has 4 aliphatic heterocycles. The molecule has 0 aromatic carbocycles. The van der Waals surface area contributed by atoms with Crippen LogP contribution in [0.1, 0.15) is 76.2 Å². The van der Waals surface area contributed by atoms with E-state index < -0.39 is 47.5 Å². The van der Waals surface area contributed by atoms with Gasteiger partial charge in [0.15, 0.2) is 25.2 Å². The van der Waals surface area contributed by atoms with Gasteiger partial charge in [-0.2, -0.15) is 0 Å². The number of carbonyl (C=O) groups excluding carboxylic acids is 1. The van der Waals surface area contributed by atoms with E-state index in [2.05, 4.69) is 74.2 Å². The van der Waals surface area contributed by atoms with Gasteiger partial charge in [-0.1, -0.05) is 117 Å². The molecular formula is C41H70Cl3NO11. The summed E-state index contributed by atoms with van der Waals surface area (Å²) in [6, 6.07) is -0.602. The summed E-state index contributed by atoms with van der Waals surface area (Å²) in [4.78, 5) is 12.7. The summed E-state index contributed by atoms with van der Waals surface area (Å²) in [6.45, 7) is 28.2. The highest BCUT2D eigenvalue weighted by Crippen LogP contribution is 2.41. The van der Waals surface area contributed by atoms with Crippen molar-refractivity contribution in [1.29, 1.82) is 0 Å². The molecule has 0 spiro atoms. The van der Waals surface area contributed by atoms with Crippen molar-refractivity contribution in [1.82, 2.24) is 5.32 Å². The quantitative estimate of drug-likeness (QED) is 0.125. The predicted molar refractivity (Wildman–Crippen MR) is 215 cm³/mol. The lowest BCUT2D eigenvalue weighted by Crippen LogP contribution is -2.59. The van der Waals surface area contributed by atoms with E-state index in [1.807, 2.05) is 13.8 Å². The van der Waals surface area contributed by atoms with Gasteiger partial charge >= 0.3 is 6.09 Å². The van der Waals surface area contributed by atoms with Gasteiger partial charge in [0.2, 0.25) is 3.79 Å². The molecule has 326 valence electrons. The monoisotopic (exact) mass is 857 g/mol. The van der Waals surface area contributed by atoms with Gasteiger partial charge in [0.05, 0.1) is 63.5 Å².